The third-order valence-corrected chi connectivity index (χ3v) is 5.18. The molecule has 0 spiro atoms. The molecule has 0 aromatic heterocycles. The molecule has 1 unspecified atom stereocenters. The summed E-state index contributed by atoms with van der Waals surface area (Å²) >= 11 is 0. The molecule has 0 aromatic carbocycles. The first kappa shape index (κ1) is 15.3. The Morgan fingerprint density at radius 2 is 1.79 bits per heavy atom. The summed E-state index contributed by atoms with van der Waals surface area (Å²) < 4.78 is 0. The van der Waals surface area contributed by atoms with Crippen molar-refractivity contribution in [1.82, 2.24) is 15.1 Å². The van der Waals surface area contributed by atoms with E-state index in [4.69, 9.17) is 0 Å². The topological polar surface area (TPSA) is 18.5 Å². The average molecular weight is 267 g/mol. The molecule has 3 nitrogen and oxygen atoms in total. The second kappa shape index (κ2) is 7.61. The molecule has 2 aliphatic rings. The second-order valence-electron chi connectivity index (χ2n) is 6.50. The van der Waals surface area contributed by atoms with E-state index in [-0.39, 0.29) is 0 Å². The normalized spacial score (nSPS) is 34.6. The molecule has 1 N–H and O–H groups in total. The summed E-state index contributed by atoms with van der Waals surface area (Å²) in [4.78, 5) is 5.33. The Kier molecular flexibility index (Phi) is 6.11. The molecule has 1 aliphatic heterocycles. The molecule has 2 fully saturated rings. The van der Waals surface area contributed by atoms with Gasteiger partial charge in [0.15, 0.2) is 0 Å². The maximum atomic E-state index is 3.69. The van der Waals surface area contributed by atoms with Crippen molar-refractivity contribution in [2.45, 2.75) is 70.5 Å². The van der Waals surface area contributed by atoms with Crippen LogP contribution in [0.25, 0.3) is 0 Å². The van der Waals surface area contributed by atoms with E-state index in [0.717, 1.165) is 18.1 Å². The van der Waals surface area contributed by atoms with Gasteiger partial charge in [0.05, 0.1) is 0 Å². The molecule has 0 aromatic rings. The summed E-state index contributed by atoms with van der Waals surface area (Å²) in [5.41, 5.74) is 0. The molecule has 2 rings (SSSR count). The lowest BCUT2D eigenvalue weighted by Gasteiger charge is -2.45. The minimum absolute atomic E-state index is 0.782. The van der Waals surface area contributed by atoms with Crippen LogP contribution in [0, 0.1) is 0 Å². The molecule has 112 valence electrons. The summed E-state index contributed by atoms with van der Waals surface area (Å²) in [7, 11) is 2.29. The predicted octanol–water partition coefficient (Wildman–Crippen LogP) is 2.32. The highest BCUT2D eigenvalue weighted by Gasteiger charge is 2.30. The lowest BCUT2D eigenvalue weighted by atomic mass is 9.89. The fourth-order valence-electron chi connectivity index (χ4n) is 3.74. The first-order chi connectivity index (χ1) is 9.24. The van der Waals surface area contributed by atoms with Crippen LogP contribution in [0.1, 0.15) is 52.4 Å². The Morgan fingerprint density at radius 1 is 1.05 bits per heavy atom. The zero-order chi connectivity index (χ0) is 13.7. The molecule has 19 heavy (non-hydrogen) atoms. The Bertz CT molecular complexity index is 248. The highest BCUT2D eigenvalue weighted by Crippen LogP contribution is 2.25. The van der Waals surface area contributed by atoms with Gasteiger partial charge < -0.3 is 10.2 Å². The van der Waals surface area contributed by atoms with Crippen LogP contribution in [0.3, 0.4) is 0 Å². The van der Waals surface area contributed by atoms with Crippen molar-refractivity contribution >= 4 is 0 Å². The fourth-order valence-corrected chi connectivity index (χ4v) is 3.74. The standard InChI is InChI=1S/C16H33N3/c1-4-10-17-14-6-8-16(9-7-14)19-12-11-18(3)15(5-2)13-19/h14-17H,4-13H2,1-3H3. The molecule has 1 atom stereocenters. The Labute approximate surface area is 119 Å². The van der Waals surface area contributed by atoms with E-state index in [1.165, 1.54) is 64.7 Å². The number of piperazine rings is 1. The van der Waals surface area contributed by atoms with Gasteiger partial charge in [-0.25, -0.2) is 0 Å². The van der Waals surface area contributed by atoms with Gasteiger partial charge in [-0.2, -0.15) is 0 Å². The van der Waals surface area contributed by atoms with Gasteiger partial charge in [0, 0.05) is 37.8 Å². The largest absolute Gasteiger partial charge is 0.314 e. The van der Waals surface area contributed by atoms with Crippen LogP contribution < -0.4 is 5.32 Å². The third-order valence-electron chi connectivity index (χ3n) is 5.18. The van der Waals surface area contributed by atoms with Crippen LogP contribution in [0.4, 0.5) is 0 Å². The molecule has 1 heterocycles. The van der Waals surface area contributed by atoms with E-state index in [1.807, 2.05) is 0 Å². The zero-order valence-electron chi connectivity index (χ0n) is 13.2. The number of nitrogens with one attached hydrogen (secondary N) is 1. The molecule has 1 aliphatic carbocycles. The first-order valence-corrected chi connectivity index (χ1v) is 8.42. The van der Waals surface area contributed by atoms with Gasteiger partial charge in [-0.05, 0) is 52.1 Å². The number of likely N-dealkylation sites (N-methyl/N-ethyl adjacent to an activating group) is 1. The van der Waals surface area contributed by atoms with Crippen LogP contribution in [0.15, 0.2) is 0 Å². The molecular formula is C16H33N3. The molecule has 0 bridgehead atoms. The molecule has 0 radical (unpaired) electrons. The van der Waals surface area contributed by atoms with Crippen molar-refractivity contribution in [1.29, 1.82) is 0 Å². The van der Waals surface area contributed by atoms with Crippen molar-refractivity contribution < 1.29 is 0 Å². The quantitative estimate of drug-likeness (QED) is 0.825. The smallest absolute Gasteiger partial charge is 0.0218 e. The van der Waals surface area contributed by atoms with E-state index in [2.05, 4.69) is 36.0 Å². The Hall–Kier alpha value is -0.120. The molecule has 1 saturated carbocycles. The van der Waals surface area contributed by atoms with Crippen LogP contribution in [0.5, 0.6) is 0 Å². The summed E-state index contributed by atoms with van der Waals surface area (Å²) in [5.74, 6) is 0. The van der Waals surface area contributed by atoms with E-state index in [0.29, 0.717) is 0 Å². The molecule has 0 amide bonds. The van der Waals surface area contributed by atoms with Crippen molar-refractivity contribution in [2.24, 2.45) is 0 Å². The summed E-state index contributed by atoms with van der Waals surface area (Å²) in [6.07, 6.45) is 8.13. The van der Waals surface area contributed by atoms with E-state index in [1.54, 1.807) is 0 Å². The van der Waals surface area contributed by atoms with Gasteiger partial charge in [0.25, 0.3) is 0 Å². The maximum Gasteiger partial charge on any atom is 0.0218 e. The maximum absolute atomic E-state index is 3.69. The SMILES string of the molecule is CCCNC1CCC(N2CCN(C)C(CC)C2)CC1. The Balaban J connectivity index is 1.75. The third kappa shape index (κ3) is 4.17. The summed E-state index contributed by atoms with van der Waals surface area (Å²) in [6, 6.07) is 2.44. The van der Waals surface area contributed by atoms with Gasteiger partial charge in [-0.15, -0.1) is 0 Å². The van der Waals surface area contributed by atoms with Crippen LogP contribution >= 0.6 is 0 Å². The number of hydrogen-bond donors (Lipinski definition) is 1. The van der Waals surface area contributed by atoms with Crippen LogP contribution in [-0.2, 0) is 0 Å². The lowest BCUT2D eigenvalue weighted by molar-refractivity contribution is 0.0459. The highest BCUT2D eigenvalue weighted by molar-refractivity contribution is 4.87. The minimum Gasteiger partial charge on any atom is -0.314 e. The van der Waals surface area contributed by atoms with Crippen LogP contribution in [0.2, 0.25) is 0 Å². The van der Waals surface area contributed by atoms with Gasteiger partial charge in [0.1, 0.15) is 0 Å². The van der Waals surface area contributed by atoms with Crippen molar-refractivity contribution in [2.75, 3.05) is 33.2 Å². The number of hydrogen-bond acceptors (Lipinski definition) is 3. The van der Waals surface area contributed by atoms with Crippen molar-refractivity contribution in [3.8, 4) is 0 Å². The van der Waals surface area contributed by atoms with Crippen molar-refractivity contribution in [3.63, 3.8) is 0 Å². The summed E-state index contributed by atoms with van der Waals surface area (Å²) in [6.45, 7) is 9.62. The van der Waals surface area contributed by atoms with Crippen LogP contribution in [-0.4, -0.2) is 61.2 Å². The van der Waals surface area contributed by atoms with E-state index in [9.17, 15) is 0 Å². The van der Waals surface area contributed by atoms with Gasteiger partial charge >= 0.3 is 0 Å². The average Bonchev–Trinajstić information content (AvgIpc) is 2.46. The van der Waals surface area contributed by atoms with Gasteiger partial charge in [-0.1, -0.05) is 13.8 Å². The lowest BCUT2D eigenvalue weighted by Crippen LogP contribution is -2.55. The Morgan fingerprint density at radius 3 is 2.42 bits per heavy atom. The van der Waals surface area contributed by atoms with E-state index >= 15 is 0 Å². The summed E-state index contributed by atoms with van der Waals surface area (Å²) in [5, 5.41) is 3.69. The number of rotatable bonds is 5. The van der Waals surface area contributed by atoms with E-state index < -0.39 is 0 Å². The predicted molar refractivity (Wildman–Crippen MR) is 82.6 cm³/mol. The fraction of sp³-hybridized carbons (Fsp3) is 1.00. The molecule has 1 saturated heterocycles. The van der Waals surface area contributed by atoms with Gasteiger partial charge in [0.2, 0.25) is 0 Å². The second-order valence-corrected chi connectivity index (χ2v) is 6.50. The molecule has 3 heteroatoms. The van der Waals surface area contributed by atoms with Crippen molar-refractivity contribution in [3.05, 3.63) is 0 Å². The molecular weight excluding hydrogens is 234 g/mol. The number of nitrogens with zero attached hydrogens (tertiary/aromatic N) is 2. The first-order valence-electron chi connectivity index (χ1n) is 8.42. The monoisotopic (exact) mass is 267 g/mol. The van der Waals surface area contributed by atoms with Gasteiger partial charge in [-0.3, -0.25) is 4.90 Å². The minimum atomic E-state index is 0.782. The highest BCUT2D eigenvalue weighted by atomic mass is 15.3. The zero-order valence-corrected chi connectivity index (χ0v) is 13.2.